The average Bonchev–Trinajstić information content (AvgIpc) is 3.22. The number of nitrogens with zero attached hydrogens (tertiary/aromatic N) is 5. The summed E-state index contributed by atoms with van der Waals surface area (Å²) in [5.41, 5.74) is 2.96. The summed E-state index contributed by atoms with van der Waals surface area (Å²) in [5, 5.41) is 16.7. The molecule has 4 heterocycles. The van der Waals surface area contributed by atoms with Crippen LogP contribution in [0.2, 0.25) is 5.28 Å². The largest absolute Gasteiger partial charge is 0.384 e. The molecule has 0 spiro atoms. The van der Waals surface area contributed by atoms with Crippen LogP contribution in [-0.2, 0) is 12.1 Å². The fourth-order valence-electron chi connectivity index (χ4n) is 2.68. The summed E-state index contributed by atoms with van der Waals surface area (Å²) in [5.74, 6) is 0. The van der Waals surface area contributed by atoms with Gasteiger partial charge in [-0.25, -0.2) is 9.97 Å². The number of fused-ring (bicyclic) bond motifs is 1. The molecule has 0 radical (unpaired) electrons. The van der Waals surface area contributed by atoms with Crippen LogP contribution in [0.25, 0.3) is 21.5 Å². The number of hydrogen-bond donors (Lipinski definition) is 1. The van der Waals surface area contributed by atoms with Crippen LogP contribution in [-0.4, -0.2) is 29.8 Å². The third-order valence-electron chi connectivity index (χ3n) is 3.94. The molecule has 0 atom stereocenters. The van der Waals surface area contributed by atoms with E-state index in [-0.39, 0.29) is 5.28 Å². The first-order chi connectivity index (χ1) is 12.4. The summed E-state index contributed by atoms with van der Waals surface area (Å²) in [6, 6.07) is 7.54. The Kier molecular flexibility index (Phi) is 4.22. The SMILES string of the molecule is CC(C)(O)c1cccc(Cn2cc(-c3nc(Cl)nc4ccsc34)cn2)n1. The van der Waals surface area contributed by atoms with E-state index in [0.29, 0.717) is 12.2 Å². The molecular formula is C18H16ClN5OS. The summed E-state index contributed by atoms with van der Waals surface area (Å²) in [7, 11) is 0. The highest BCUT2D eigenvalue weighted by Crippen LogP contribution is 2.31. The summed E-state index contributed by atoms with van der Waals surface area (Å²) in [4.78, 5) is 13.1. The normalized spacial score (nSPS) is 12.0. The second kappa shape index (κ2) is 6.42. The van der Waals surface area contributed by atoms with Crippen LogP contribution in [0.15, 0.2) is 42.0 Å². The van der Waals surface area contributed by atoms with Crippen molar-refractivity contribution in [2.24, 2.45) is 0 Å². The van der Waals surface area contributed by atoms with Crippen molar-refractivity contribution in [3.63, 3.8) is 0 Å². The van der Waals surface area contributed by atoms with Gasteiger partial charge in [-0.1, -0.05) is 6.07 Å². The first-order valence-electron chi connectivity index (χ1n) is 8.02. The molecule has 0 aliphatic carbocycles. The van der Waals surface area contributed by atoms with Crippen molar-refractivity contribution in [3.05, 3.63) is 58.7 Å². The maximum Gasteiger partial charge on any atom is 0.223 e. The van der Waals surface area contributed by atoms with E-state index in [1.807, 2.05) is 35.8 Å². The number of aliphatic hydroxyl groups is 1. The van der Waals surface area contributed by atoms with Crippen molar-refractivity contribution >= 4 is 33.2 Å². The summed E-state index contributed by atoms with van der Waals surface area (Å²) in [6.07, 6.45) is 3.67. The molecule has 0 aromatic carbocycles. The smallest absolute Gasteiger partial charge is 0.223 e. The van der Waals surface area contributed by atoms with E-state index in [9.17, 15) is 5.11 Å². The van der Waals surface area contributed by atoms with E-state index in [2.05, 4.69) is 20.1 Å². The van der Waals surface area contributed by atoms with Gasteiger partial charge in [0.1, 0.15) is 5.60 Å². The van der Waals surface area contributed by atoms with Crippen molar-refractivity contribution in [1.29, 1.82) is 0 Å². The molecule has 0 saturated heterocycles. The van der Waals surface area contributed by atoms with Gasteiger partial charge in [0.25, 0.3) is 0 Å². The lowest BCUT2D eigenvalue weighted by Crippen LogP contribution is -2.18. The molecule has 0 saturated carbocycles. The molecule has 4 aromatic rings. The van der Waals surface area contributed by atoms with Crippen molar-refractivity contribution < 1.29 is 5.11 Å². The second-order valence-electron chi connectivity index (χ2n) is 6.48. The quantitative estimate of drug-likeness (QED) is 0.539. The van der Waals surface area contributed by atoms with Crippen molar-refractivity contribution in [2.75, 3.05) is 0 Å². The molecule has 132 valence electrons. The summed E-state index contributed by atoms with van der Waals surface area (Å²) in [6.45, 7) is 3.93. The number of thiophene rings is 1. The molecule has 0 aliphatic heterocycles. The highest BCUT2D eigenvalue weighted by Gasteiger charge is 2.18. The minimum absolute atomic E-state index is 0.221. The van der Waals surface area contributed by atoms with E-state index >= 15 is 0 Å². The summed E-state index contributed by atoms with van der Waals surface area (Å²) >= 11 is 7.62. The zero-order chi connectivity index (χ0) is 18.3. The van der Waals surface area contributed by atoms with Gasteiger partial charge in [0.05, 0.1) is 40.0 Å². The van der Waals surface area contributed by atoms with Gasteiger partial charge >= 0.3 is 0 Å². The number of aromatic nitrogens is 5. The molecule has 4 rings (SSSR count). The zero-order valence-corrected chi connectivity index (χ0v) is 15.8. The van der Waals surface area contributed by atoms with Gasteiger partial charge in [-0.3, -0.25) is 9.67 Å². The lowest BCUT2D eigenvalue weighted by atomic mass is 10.0. The van der Waals surface area contributed by atoms with Gasteiger partial charge < -0.3 is 5.11 Å². The van der Waals surface area contributed by atoms with Gasteiger partial charge in [-0.05, 0) is 49.0 Å². The Morgan fingerprint density at radius 1 is 1.19 bits per heavy atom. The number of hydrogen-bond acceptors (Lipinski definition) is 6. The molecule has 0 unspecified atom stereocenters. The molecule has 6 nitrogen and oxygen atoms in total. The maximum absolute atomic E-state index is 10.1. The van der Waals surface area contributed by atoms with Crippen LogP contribution in [0.4, 0.5) is 0 Å². The Bertz CT molecular complexity index is 1080. The van der Waals surface area contributed by atoms with Crippen LogP contribution in [0.5, 0.6) is 0 Å². The first-order valence-corrected chi connectivity index (χ1v) is 9.28. The van der Waals surface area contributed by atoms with Gasteiger partial charge in [-0.15, -0.1) is 11.3 Å². The predicted molar refractivity (Wildman–Crippen MR) is 102 cm³/mol. The molecule has 8 heteroatoms. The van der Waals surface area contributed by atoms with Gasteiger partial charge in [0.15, 0.2) is 0 Å². The third-order valence-corrected chi connectivity index (χ3v) is 5.02. The van der Waals surface area contributed by atoms with Gasteiger partial charge in [-0.2, -0.15) is 5.10 Å². The van der Waals surface area contributed by atoms with Crippen molar-refractivity contribution in [3.8, 4) is 11.3 Å². The zero-order valence-electron chi connectivity index (χ0n) is 14.2. The van der Waals surface area contributed by atoms with E-state index < -0.39 is 5.60 Å². The monoisotopic (exact) mass is 385 g/mol. The molecule has 0 amide bonds. The molecule has 4 aromatic heterocycles. The van der Waals surface area contributed by atoms with E-state index in [1.165, 1.54) is 0 Å². The molecule has 0 aliphatic rings. The van der Waals surface area contributed by atoms with Crippen LogP contribution >= 0.6 is 22.9 Å². The Hall–Kier alpha value is -2.35. The lowest BCUT2D eigenvalue weighted by molar-refractivity contribution is 0.0736. The van der Waals surface area contributed by atoms with E-state index in [0.717, 1.165) is 27.2 Å². The number of rotatable bonds is 4. The minimum atomic E-state index is -0.978. The maximum atomic E-state index is 10.1. The lowest BCUT2D eigenvalue weighted by Gasteiger charge is -2.17. The highest BCUT2D eigenvalue weighted by molar-refractivity contribution is 7.17. The van der Waals surface area contributed by atoms with Crippen LogP contribution in [0, 0.1) is 0 Å². The summed E-state index contributed by atoms with van der Waals surface area (Å²) < 4.78 is 2.78. The fourth-order valence-corrected chi connectivity index (χ4v) is 3.70. The Morgan fingerprint density at radius 3 is 2.85 bits per heavy atom. The Morgan fingerprint density at radius 2 is 2.04 bits per heavy atom. The van der Waals surface area contributed by atoms with Crippen LogP contribution in [0.1, 0.15) is 25.2 Å². The third kappa shape index (κ3) is 3.33. The topological polar surface area (TPSA) is 76.7 Å². The van der Waals surface area contributed by atoms with Crippen LogP contribution < -0.4 is 0 Å². The van der Waals surface area contributed by atoms with E-state index in [4.69, 9.17) is 11.6 Å². The number of halogens is 1. The standard InChI is InChI=1S/C18H16ClN5OS/c1-18(2,25)14-5-3-4-12(21-14)10-24-9-11(8-20-24)15-16-13(6-7-26-16)22-17(19)23-15/h3-9,25H,10H2,1-2H3. The second-order valence-corrected chi connectivity index (χ2v) is 7.73. The Labute approximate surface area is 159 Å². The van der Waals surface area contributed by atoms with E-state index in [1.54, 1.807) is 36.1 Å². The first kappa shape index (κ1) is 17.1. The van der Waals surface area contributed by atoms with Gasteiger partial charge in [0.2, 0.25) is 5.28 Å². The van der Waals surface area contributed by atoms with Gasteiger partial charge in [0, 0.05) is 11.8 Å². The number of pyridine rings is 1. The molecule has 0 fully saturated rings. The Balaban J connectivity index is 1.66. The van der Waals surface area contributed by atoms with Crippen molar-refractivity contribution in [1.82, 2.24) is 24.7 Å². The van der Waals surface area contributed by atoms with Crippen LogP contribution in [0.3, 0.4) is 0 Å². The predicted octanol–water partition coefficient (Wildman–Crippen LogP) is 3.88. The van der Waals surface area contributed by atoms with Crippen molar-refractivity contribution in [2.45, 2.75) is 26.0 Å². The molecule has 26 heavy (non-hydrogen) atoms. The fraction of sp³-hybridized carbons (Fsp3) is 0.222. The molecular weight excluding hydrogens is 370 g/mol. The average molecular weight is 386 g/mol. The minimum Gasteiger partial charge on any atom is -0.384 e. The molecule has 1 N–H and O–H groups in total. The highest BCUT2D eigenvalue weighted by atomic mass is 35.5. The molecule has 0 bridgehead atoms.